The molecule has 0 saturated carbocycles. The van der Waals surface area contributed by atoms with E-state index in [4.69, 9.17) is 9.05 Å². The fourth-order valence-electron chi connectivity index (χ4n) is 9.06. The van der Waals surface area contributed by atoms with Gasteiger partial charge in [-0.15, -0.1) is 0 Å². The molecule has 8 nitrogen and oxygen atoms in total. The maximum atomic E-state index is 13.0. The van der Waals surface area contributed by atoms with E-state index < -0.39 is 26.6 Å². The summed E-state index contributed by atoms with van der Waals surface area (Å²) in [4.78, 5) is 25.5. The maximum Gasteiger partial charge on any atom is 0.268 e. The maximum absolute atomic E-state index is 13.0. The van der Waals surface area contributed by atoms with Gasteiger partial charge in [-0.25, -0.2) is 0 Å². The molecule has 0 aliphatic rings. The van der Waals surface area contributed by atoms with Crippen LogP contribution in [0.25, 0.3) is 0 Å². The van der Waals surface area contributed by atoms with Gasteiger partial charge in [0.1, 0.15) is 13.2 Å². The van der Waals surface area contributed by atoms with Crippen molar-refractivity contribution in [3.63, 3.8) is 0 Å². The number of aliphatic hydroxyl groups is 1. The Balaban J connectivity index is 4.03. The molecule has 0 aliphatic heterocycles. The Labute approximate surface area is 453 Å². The molecule has 0 spiro atoms. The number of nitrogens with zero attached hydrogens (tertiary/aromatic N) is 1. The molecule has 0 fully saturated rings. The molecule has 0 aliphatic carbocycles. The van der Waals surface area contributed by atoms with Crippen molar-refractivity contribution in [3.8, 4) is 0 Å². The lowest BCUT2D eigenvalue weighted by Gasteiger charge is -2.29. The molecule has 0 aromatic carbocycles. The number of carbonyl (C=O) groups is 1. The minimum atomic E-state index is -4.60. The third-order valence-electron chi connectivity index (χ3n) is 13.9. The van der Waals surface area contributed by atoms with E-state index in [9.17, 15) is 19.4 Å². The number of hydrogen-bond donors (Lipinski definition) is 2. The molecule has 0 saturated heterocycles. The third kappa shape index (κ3) is 57.7. The number of hydrogen-bond acceptors (Lipinski definition) is 6. The second kappa shape index (κ2) is 55.0. The van der Waals surface area contributed by atoms with E-state index in [1.165, 1.54) is 218 Å². The number of phosphoric ester groups is 1. The number of aliphatic hydroxyl groups excluding tert-OH is 1. The Morgan fingerprint density at radius 1 is 0.479 bits per heavy atom. The summed E-state index contributed by atoms with van der Waals surface area (Å²) in [6.07, 6.45) is 74.7. The predicted octanol–water partition coefficient (Wildman–Crippen LogP) is 18.6. The lowest BCUT2D eigenvalue weighted by Crippen LogP contribution is -2.45. The molecule has 0 aromatic rings. The van der Waals surface area contributed by atoms with Crippen LogP contribution < -0.4 is 10.2 Å². The van der Waals surface area contributed by atoms with Crippen molar-refractivity contribution in [3.05, 3.63) is 60.8 Å². The van der Waals surface area contributed by atoms with Gasteiger partial charge in [-0.2, -0.15) is 0 Å². The monoisotopic (exact) mass is 1040 g/mol. The average molecular weight is 1050 g/mol. The standard InChI is InChI=1S/C64H121N2O6P/c1-6-8-10-12-14-16-18-20-22-24-25-26-27-28-29-30-31-32-33-34-35-36-37-38-39-40-41-42-44-46-48-50-52-54-56-58-64(68)65-62(61-72-73(69,70)71-60-59-66(3,4)5)63(67)57-55-53-51-49-47-45-43-23-21-19-17-15-13-11-9-7-2/h18,20,24-25,27-28,47,49,55,57,62-63,67H,6-17,19,21-23,26,29-46,48,50-54,56,58-61H2,1-5H3,(H-,65,68,69,70)/b20-18-,25-24-,28-27-,49-47+,57-55+. The Bertz CT molecular complexity index is 1370. The molecule has 9 heteroatoms. The summed E-state index contributed by atoms with van der Waals surface area (Å²) in [5.74, 6) is -0.204. The van der Waals surface area contributed by atoms with Gasteiger partial charge in [0, 0.05) is 6.42 Å². The van der Waals surface area contributed by atoms with Crippen molar-refractivity contribution in [1.29, 1.82) is 0 Å². The first-order chi connectivity index (χ1) is 35.5. The molecule has 0 heterocycles. The van der Waals surface area contributed by atoms with Crippen molar-refractivity contribution in [2.75, 3.05) is 40.9 Å². The first-order valence-electron chi connectivity index (χ1n) is 31.2. The van der Waals surface area contributed by atoms with Crippen LogP contribution in [0.3, 0.4) is 0 Å². The first-order valence-corrected chi connectivity index (χ1v) is 32.6. The van der Waals surface area contributed by atoms with Crippen LogP contribution in [0, 0.1) is 0 Å². The van der Waals surface area contributed by atoms with E-state index in [0.29, 0.717) is 17.4 Å². The summed E-state index contributed by atoms with van der Waals surface area (Å²) in [6, 6.07) is -0.904. The van der Waals surface area contributed by atoms with E-state index >= 15 is 0 Å². The highest BCUT2D eigenvalue weighted by atomic mass is 31.2. The SMILES string of the molecule is CCCCCCC/C=C\C/C=C\C/C=C\CCCCCCCCCCCCCCCCCCCCCCC(=O)NC(COP(=O)([O-])OCC[N+](C)(C)C)C(O)/C=C/CC/C=C/CCCCCCCCCCCC. The number of carbonyl (C=O) groups excluding carboxylic acids is 1. The fourth-order valence-corrected chi connectivity index (χ4v) is 9.78. The second-order valence-corrected chi connectivity index (χ2v) is 23.8. The van der Waals surface area contributed by atoms with Gasteiger partial charge in [0.15, 0.2) is 0 Å². The molecular weight excluding hydrogens is 924 g/mol. The van der Waals surface area contributed by atoms with Gasteiger partial charge in [0.25, 0.3) is 7.82 Å². The minimum Gasteiger partial charge on any atom is -0.756 e. The summed E-state index contributed by atoms with van der Waals surface area (Å²) in [7, 11) is 1.25. The Hall–Kier alpha value is -1.80. The Kier molecular flexibility index (Phi) is 53.6. The summed E-state index contributed by atoms with van der Waals surface area (Å²) >= 11 is 0. The summed E-state index contributed by atoms with van der Waals surface area (Å²) in [5, 5.41) is 13.9. The zero-order valence-corrected chi connectivity index (χ0v) is 49.7. The van der Waals surface area contributed by atoms with Gasteiger partial charge in [-0.3, -0.25) is 9.36 Å². The number of rotatable bonds is 57. The first kappa shape index (κ1) is 71.2. The molecule has 428 valence electrons. The van der Waals surface area contributed by atoms with Gasteiger partial charge in [-0.1, -0.05) is 274 Å². The van der Waals surface area contributed by atoms with E-state index in [-0.39, 0.29) is 12.5 Å². The quantitative estimate of drug-likeness (QED) is 0.0272. The topological polar surface area (TPSA) is 108 Å². The Morgan fingerprint density at radius 3 is 1.21 bits per heavy atom. The molecule has 0 bridgehead atoms. The van der Waals surface area contributed by atoms with E-state index in [1.807, 2.05) is 27.2 Å². The number of quaternary nitrogens is 1. The molecular formula is C64H121N2O6P. The van der Waals surface area contributed by atoms with Gasteiger partial charge in [0.05, 0.1) is 39.9 Å². The Morgan fingerprint density at radius 2 is 0.808 bits per heavy atom. The van der Waals surface area contributed by atoms with Gasteiger partial charge < -0.3 is 28.8 Å². The number of phosphoric acid groups is 1. The van der Waals surface area contributed by atoms with Gasteiger partial charge in [0.2, 0.25) is 5.91 Å². The van der Waals surface area contributed by atoms with Crippen molar-refractivity contribution < 1.29 is 32.9 Å². The van der Waals surface area contributed by atoms with E-state index in [1.54, 1.807) is 6.08 Å². The predicted molar refractivity (Wildman–Crippen MR) is 316 cm³/mol. The molecule has 3 unspecified atom stereocenters. The van der Waals surface area contributed by atoms with Crippen LogP contribution in [-0.4, -0.2) is 68.5 Å². The van der Waals surface area contributed by atoms with Crippen LogP contribution in [0.5, 0.6) is 0 Å². The van der Waals surface area contributed by atoms with E-state index in [0.717, 1.165) is 51.4 Å². The highest BCUT2D eigenvalue weighted by Crippen LogP contribution is 2.38. The fraction of sp³-hybridized carbons (Fsp3) is 0.828. The zero-order chi connectivity index (χ0) is 53.5. The van der Waals surface area contributed by atoms with Crippen LogP contribution in [0.1, 0.15) is 290 Å². The van der Waals surface area contributed by atoms with Crippen LogP contribution >= 0.6 is 7.82 Å². The van der Waals surface area contributed by atoms with Crippen LogP contribution in [0.2, 0.25) is 0 Å². The van der Waals surface area contributed by atoms with Crippen molar-refractivity contribution in [2.45, 2.75) is 302 Å². The summed E-state index contributed by atoms with van der Waals surface area (Å²) in [6.45, 7) is 4.64. The van der Waals surface area contributed by atoms with Crippen molar-refractivity contribution >= 4 is 13.7 Å². The highest BCUT2D eigenvalue weighted by Gasteiger charge is 2.23. The van der Waals surface area contributed by atoms with E-state index in [2.05, 4.69) is 67.8 Å². The molecule has 1 amide bonds. The normalized spacial score (nSPS) is 14.2. The van der Waals surface area contributed by atoms with Gasteiger partial charge in [-0.05, 0) is 70.6 Å². The third-order valence-corrected chi connectivity index (χ3v) is 14.9. The number of amides is 1. The number of allylic oxidation sites excluding steroid dienone is 9. The zero-order valence-electron chi connectivity index (χ0n) is 48.8. The van der Waals surface area contributed by atoms with Crippen LogP contribution in [-0.2, 0) is 18.4 Å². The average Bonchev–Trinajstić information content (AvgIpc) is 3.35. The molecule has 73 heavy (non-hydrogen) atoms. The number of nitrogens with one attached hydrogen (secondary N) is 1. The second-order valence-electron chi connectivity index (χ2n) is 22.4. The minimum absolute atomic E-state index is 0.00631. The van der Waals surface area contributed by atoms with Crippen LogP contribution in [0.15, 0.2) is 60.8 Å². The van der Waals surface area contributed by atoms with Crippen molar-refractivity contribution in [2.24, 2.45) is 0 Å². The smallest absolute Gasteiger partial charge is 0.268 e. The lowest BCUT2D eigenvalue weighted by molar-refractivity contribution is -0.870. The highest BCUT2D eigenvalue weighted by molar-refractivity contribution is 7.45. The molecule has 2 N–H and O–H groups in total. The molecule has 3 atom stereocenters. The van der Waals surface area contributed by atoms with Crippen LogP contribution in [0.4, 0.5) is 0 Å². The summed E-state index contributed by atoms with van der Waals surface area (Å²) < 4.78 is 23.3. The summed E-state index contributed by atoms with van der Waals surface area (Å²) in [5.41, 5.74) is 0. The molecule has 0 rings (SSSR count). The van der Waals surface area contributed by atoms with Crippen molar-refractivity contribution in [1.82, 2.24) is 5.32 Å². The molecule has 0 radical (unpaired) electrons. The largest absolute Gasteiger partial charge is 0.756 e. The van der Waals surface area contributed by atoms with Gasteiger partial charge >= 0.3 is 0 Å². The number of unbranched alkanes of at least 4 members (excludes halogenated alkanes) is 36. The lowest BCUT2D eigenvalue weighted by atomic mass is 10.0. The number of likely N-dealkylation sites (N-methyl/N-ethyl adjacent to an activating group) is 1. The molecule has 0 aromatic heterocycles.